The molecule has 0 saturated heterocycles. The van der Waals surface area contributed by atoms with E-state index in [4.69, 9.17) is 10.5 Å². The molecule has 0 aromatic rings. The molecular formula is C10H17NO2. The van der Waals surface area contributed by atoms with E-state index in [1.54, 1.807) is 0 Å². The molecule has 0 spiro atoms. The first-order chi connectivity index (χ1) is 6.22. The molecule has 0 aromatic carbocycles. The highest BCUT2D eigenvalue weighted by atomic mass is 16.6. The van der Waals surface area contributed by atoms with Crippen molar-refractivity contribution in [3.8, 4) is 0 Å². The van der Waals surface area contributed by atoms with Gasteiger partial charge in [-0.1, -0.05) is 11.6 Å². The van der Waals surface area contributed by atoms with Crippen LogP contribution in [-0.2, 0) is 4.74 Å². The summed E-state index contributed by atoms with van der Waals surface area (Å²) in [6, 6.07) is 0. The van der Waals surface area contributed by atoms with Crippen LogP contribution in [-0.4, -0.2) is 18.0 Å². The van der Waals surface area contributed by atoms with E-state index in [1.807, 2.05) is 19.1 Å². The Bertz CT molecular complexity index is 221. The first-order valence-electron chi connectivity index (χ1n) is 4.66. The number of allylic oxidation sites excluding steroid dienone is 3. The average molecular weight is 183 g/mol. The van der Waals surface area contributed by atoms with E-state index in [9.17, 15) is 5.11 Å². The number of aliphatic hydroxyl groups excluding tert-OH is 1. The smallest absolute Gasteiger partial charge is 0.158 e. The molecule has 0 bridgehead atoms. The van der Waals surface area contributed by atoms with Gasteiger partial charge in [0.25, 0.3) is 0 Å². The third-order valence-corrected chi connectivity index (χ3v) is 2.06. The van der Waals surface area contributed by atoms with Crippen LogP contribution in [0, 0.1) is 0 Å². The molecule has 1 unspecified atom stereocenters. The molecule has 1 aliphatic carbocycles. The second-order valence-corrected chi connectivity index (χ2v) is 3.18. The van der Waals surface area contributed by atoms with Gasteiger partial charge in [-0.05, 0) is 25.8 Å². The molecule has 0 heterocycles. The van der Waals surface area contributed by atoms with Gasteiger partial charge in [-0.15, -0.1) is 0 Å². The van der Waals surface area contributed by atoms with Gasteiger partial charge in [0, 0.05) is 18.7 Å². The molecule has 0 saturated carbocycles. The maximum atomic E-state index is 9.35. The van der Waals surface area contributed by atoms with Crippen molar-refractivity contribution >= 4 is 0 Å². The Hall–Kier alpha value is -0.800. The summed E-state index contributed by atoms with van der Waals surface area (Å²) in [5.74, 6) is 0. The van der Waals surface area contributed by atoms with E-state index in [0.29, 0.717) is 13.0 Å². The minimum atomic E-state index is -0.663. The quantitative estimate of drug-likeness (QED) is 0.646. The van der Waals surface area contributed by atoms with E-state index in [1.165, 1.54) is 5.57 Å². The van der Waals surface area contributed by atoms with Gasteiger partial charge >= 0.3 is 0 Å². The highest BCUT2D eigenvalue weighted by molar-refractivity contribution is 5.22. The molecule has 3 heteroatoms. The molecule has 0 fully saturated rings. The zero-order chi connectivity index (χ0) is 9.68. The Morgan fingerprint density at radius 2 is 2.31 bits per heavy atom. The summed E-state index contributed by atoms with van der Waals surface area (Å²) in [5, 5.41) is 9.35. The fourth-order valence-corrected chi connectivity index (χ4v) is 1.34. The Morgan fingerprint density at radius 1 is 1.54 bits per heavy atom. The van der Waals surface area contributed by atoms with Gasteiger partial charge in [0.2, 0.25) is 0 Å². The van der Waals surface area contributed by atoms with Crippen molar-refractivity contribution in [2.24, 2.45) is 5.73 Å². The van der Waals surface area contributed by atoms with E-state index < -0.39 is 6.29 Å². The Morgan fingerprint density at radius 3 is 2.85 bits per heavy atom. The Labute approximate surface area is 78.9 Å². The molecule has 0 radical (unpaired) electrons. The maximum absolute atomic E-state index is 9.35. The fraction of sp³-hybridized carbons (Fsp3) is 0.600. The third-order valence-electron chi connectivity index (χ3n) is 2.06. The first kappa shape index (κ1) is 10.3. The van der Waals surface area contributed by atoms with Crippen LogP contribution >= 0.6 is 0 Å². The summed E-state index contributed by atoms with van der Waals surface area (Å²) in [4.78, 5) is 0. The first-order valence-corrected chi connectivity index (χ1v) is 4.66. The lowest BCUT2D eigenvalue weighted by Crippen LogP contribution is -2.13. The maximum Gasteiger partial charge on any atom is 0.158 e. The Kier molecular flexibility index (Phi) is 3.99. The second-order valence-electron chi connectivity index (χ2n) is 3.18. The zero-order valence-electron chi connectivity index (χ0n) is 7.99. The molecule has 13 heavy (non-hydrogen) atoms. The number of hydrogen-bond donors (Lipinski definition) is 2. The molecule has 74 valence electrons. The summed E-state index contributed by atoms with van der Waals surface area (Å²) in [6.07, 6.45) is 5.64. The number of hydrogen-bond acceptors (Lipinski definition) is 3. The number of rotatable bonds is 4. The van der Waals surface area contributed by atoms with E-state index in [-0.39, 0.29) is 0 Å². The van der Waals surface area contributed by atoms with Crippen LogP contribution in [0.3, 0.4) is 0 Å². The minimum absolute atomic E-state index is 0.548. The van der Waals surface area contributed by atoms with Crippen molar-refractivity contribution in [3.63, 3.8) is 0 Å². The SMILES string of the molecule is CCOC(O)CC1=CC=C(N)CC1. The second kappa shape index (κ2) is 5.04. The standard InChI is InChI=1S/C10H17NO2/c1-2-13-10(12)7-8-3-5-9(11)6-4-8/h3,5,10,12H,2,4,6-7,11H2,1H3. The van der Waals surface area contributed by atoms with Crippen LogP contribution in [0.1, 0.15) is 26.2 Å². The molecule has 3 nitrogen and oxygen atoms in total. The normalized spacial score (nSPS) is 19.2. The van der Waals surface area contributed by atoms with Crippen LogP contribution < -0.4 is 5.73 Å². The van der Waals surface area contributed by atoms with Crippen molar-refractivity contribution in [2.75, 3.05) is 6.61 Å². The monoisotopic (exact) mass is 183 g/mol. The molecule has 0 aromatic heterocycles. The van der Waals surface area contributed by atoms with Gasteiger partial charge < -0.3 is 15.6 Å². The largest absolute Gasteiger partial charge is 0.402 e. The van der Waals surface area contributed by atoms with Crippen molar-refractivity contribution in [2.45, 2.75) is 32.5 Å². The molecule has 3 N–H and O–H groups in total. The number of nitrogens with two attached hydrogens (primary N) is 1. The lowest BCUT2D eigenvalue weighted by Gasteiger charge is -2.15. The predicted octanol–water partition coefficient (Wildman–Crippen LogP) is 1.29. The molecule has 1 rings (SSSR count). The van der Waals surface area contributed by atoms with Gasteiger partial charge in [-0.2, -0.15) is 0 Å². The Balaban J connectivity index is 2.37. The molecule has 0 amide bonds. The summed E-state index contributed by atoms with van der Waals surface area (Å²) < 4.78 is 5.03. The number of aliphatic hydroxyl groups is 1. The van der Waals surface area contributed by atoms with E-state index in [0.717, 1.165) is 18.5 Å². The van der Waals surface area contributed by atoms with Crippen molar-refractivity contribution < 1.29 is 9.84 Å². The van der Waals surface area contributed by atoms with Gasteiger partial charge in [0.15, 0.2) is 6.29 Å². The lowest BCUT2D eigenvalue weighted by molar-refractivity contribution is -0.0930. The van der Waals surface area contributed by atoms with Crippen LogP contribution in [0.4, 0.5) is 0 Å². The van der Waals surface area contributed by atoms with Crippen molar-refractivity contribution in [3.05, 3.63) is 23.4 Å². The van der Waals surface area contributed by atoms with Gasteiger partial charge in [0.05, 0.1) is 0 Å². The summed E-state index contributed by atoms with van der Waals surface area (Å²) in [7, 11) is 0. The molecule has 1 aliphatic rings. The van der Waals surface area contributed by atoms with Crippen LogP contribution in [0.2, 0.25) is 0 Å². The summed E-state index contributed by atoms with van der Waals surface area (Å²) in [5.41, 5.74) is 7.72. The topological polar surface area (TPSA) is 55.5 Å². The summed E-state index contributed by atoms with van der Waals surface area (Å²) >= 11 is 0. The highest BCUT2D eigenvalue weighted by Gasteiger charge is 2.09. The van der Waals surface area contributed by atoms with E-state index >= 15 is 0 Å². The van der Waals surface area contributed by atoms with Gasteiger partial charge in [-0.25, -0.2) is 0 Å². The summed E-state index contributed by atoms with van der Waals surface area (Å²) in [6.45, 7) is 2.42. The van der Waals surface area contributed by atoms with Crippen LogP contribution in [0.25, 0.3) is 0 Å². The van der Waals surface area contributed by atoms with Crippen LogP contribution in [0.5, 0.6) is 0 Å². The van der Waals surface area contributed by atoms with Crippen LogP contribution in [0.15, 0.2) is 23.4 Å². The highest BCUT2D eigenvalue weighted by Crippen LogP contribution is 2.19. The van der Waals surface area contributed by atoms with Gasteiger partial charge in [0.1, 0.15) is 0 Å². The number of ether oxygens (including phenoxy) is 1. The zero-order valence-corrected chi connectivity index (χ0v) is 7.99. The third kappa shape index (κ3) is 3.61. The fourth-order valence-electron chi connectivity index (χ4n) is 1.34. The van der Waals surface area contributed by atoms with Crippen molar-refractivity contribution in [1.82, 2.24) is 0 Å². The molecule has 1 atom stereocenters. The average Bonchev–Trinajstić information content (AvgIpc) is 2.09. The molecule has 0 aliphatic heterocycles. The van der Waals surface area contributed by atoms with Crippen molar-refractivity contribution in [1.29, 1.82) is 0 Å². The lowest BCUT2D eigenvalue weighted by atomic mass is 10.00. The van der Waals surface area contributed by atoms with Gasteiger partial charge in [-0.3, -0.25) is 0 Å². The van der Waals surface area contributed by atoms with E-state index in [2.05, 4.69) is 0 Å². The predicted molar refractivity (Wildman–Crippen MR) is 51.8 cm³/mol. The minimum Gasteiger partial charge on any atom is -0.402 e. The molecular weight excluding hydrogens is 166 g/mol.